The molecule has 0 aliphatic heterocycles. The van der Waals surface area contributed by atoms with Gasteiger partial charge in [0.25, 0.3) is 5.91 Å². The van der Waals surface area contributed by atoms with E-state index >= 15 is 0 Å². The zero-order valence-corrected chi connectivity index (χ0v) is 15.0. The summed E-state index contributed by atoms with van der Waals surface area (Å²) in [6.07, 6.45) is 3.49. The van der Waals surface area contributed by atoms with Gasteiger partial charge in [-0.15, -0.1) is 0 Å². The average Bonchev–Trinajstić information content (AvgIpc) is 3.07. The minimum atomic E-state index is -1.22. The van der Waals surface area contributed by atoms with Crippen LogP contribution in [0.5, 0.6) is 0 Å². The second-order valence-corrected chi connectivity index (χ2v) is 6.20. The van der Waals surface area contributed by atoms with Gasteiger partial charge in [0, 0.05) is 18.1 Å². The molecule has 0 unspecified atom stereocenters. The van der Waals surface area contributed by atoms with Crippen molar-refractivity contribution >= 4 is 40.8 Å². The summed E-state index contributed by atoms with van der Waals surface area (Å²) >= 11 is 12.4. The summed E-state index contributed by atoms with van der Waals surface area (Å²) in [4.78, 5) is 23.9. The number of amides is 3. The van der Waals surface area contributed by atoms with E-state index in [0.29, 0.717) is 5.69 Å². The van der Waals surface area contributed by atoms with Crippen LogP contribution in [-0.2, 0) is 0 Å². The van der Waals surface area contributed by atoms with Crippen molar-refractivity contribution in [2.24, 2.45) is 0 Å². The molecule has 0 fully saturated rings. The molecule has 0 saturated carbocycles. The first-order chi connectivity index (χ1) is 12.9. The normalized spacial score (nSPS) is 10.5. The highest BCUT2D eigenvalue weighted by atomic mass is 35.5. The van der Waals surface area contributed by atoms with Crippen LogP contribution in [0.2, 0.25) is 10.0 Å². The number of halogens is 4. The van der Waals surface area contributed by atoms with Gasteiger partial charge in [-0.25, -0.2) is 13.6 Å². The van der Waals surface area contributed by atoms with E-state index in [1.54, 1.807) is 29.1 Å². The number of urea groups is 1. The number of nitrogens with zero attached hydrogens (tertiary/aromatic N) is 1. The molecule has 0 spiro atoms. The molecule has 2 N–H and O–H groups in total. The molecule has 3 amide bonds. The van der Waals surface area contributed by atoms with Crippen molar-refractivity contribution in [3.8, 4) is 5.69 Å². The summed E-state index contributed by atoms with van der Waals surface area (Å²) in [5.74, 6) is -3.38. The summed E-state index contributed by atoms with van der Waals surface area (Å²) < 4.78 is 28.9. The van der Waals surface area contributed by atoms with Crippen molar-refractivity contribution in [3.63, 3.8) is 0 Å². The lowest BCUT2D eigenvalue weighted by atomic mass is 10.2. The predicted octanol–water partition coefficient (Wildman–Crippen LogP) is 5.02. The molecule has 0 saturated heterocycles. The predicted molar refractivity (Wildman–Crippen MR) is 98.6 cm³/mol. The van der Waals surface area contributed by atoms with Crippen LogP contribution < -0.4 is 10.6 Å². The molecule has 1 aromatic heterocycles. The Bertz CT molecular complexity index is 980. The second kappa shape index (κ2) is 7.77. The minimum absolute atomic E-state index is 0.195. The van der Waals surface area contributed by atoms with E-state index < -0.39 is 29.1 Å². The molecule has 27 heavy (non-hydrogen) atoms. The van der Waals surface area contributed by atoms with Crippen LogP contribution in [0.25, 0.3) is 5.69 Å². The average molecular weight is 410 g/mol. The number of carbonyl (C=O) groups is 2. The monoisotopic (exact) mass is 409 g/mol. The van der Waals surface area contributed by atoms with Crippen molar-refractivity contribution in [1.82, 2.24) is 9.88 Å². The molecule has 3 aromatic rings. The highest BCUT2D eigenvalue weighted by molar-refractivity contribution is 6.38. The van der Waals surface area contributed by atoms with E-state index in [1.807, 2.05) is 5.32 Å². The fraction of sp³-hybridized carbons (Fsp3) is 0. The van der Waals surface area contributed by atoms with Gasteiger partial charge in [0.1, 0.15) is 17.2 Å². The van der Waals surface area contributed by atoms with E-state index in [0.717, 1.165) is 18.2 Å². The Morgan fingerprint density at radius 3 is 2.04 bits per heavy atom. The Morgan fingerprint density at radius 1 is 0.926 bits per heavy atom. The third kappa shape index (κ3) is 4.10. The first-order valence-corrected chi connectivity index (χ1v) is 8.31. The van der Waals surface area contributed by atoms with Gasteiger partial charge in [0.05, 0.1) is 15.7 Å². The minimum Gasteiger partial charge on any atom is -0.321 e. The van der Waals surface area contributed by atoms with Gasteiger partial charge in [-0.1, -0.05) is 29.3 Å². The van der Waals surface area contributed by atoms with Gasteiger partial charge in [-0.05, 0) is 36.4 Å². The fourth-order valence-corrected chi connectivity index (χ4v) is 3.09. The van der Waals surface area contributed by atoms with Crippen molar-refractivity contribution < 1.29 is 18.4 Å². The summed E-state index contributed by atoms with van der Waals surface area (Å²) in [7, 11) is 0. The number of nitrogens with one attached hydrogen (secondary N) is 2. The molecule has 2 aromatic carbocycles. The Hall–Kier alpha value is -2.90. The van der Waals surface area contributed by atoms with E-state index in [4.69, 9.17) is 23.2 Å². The highest BCUT2D eigenvalue weighted by Crippen LogP contribution is 2.32. The number of anilines is 1. The third-order valence-corrected chi connectivity index (χ3v) is 4.13. The number of benzene rings is 2. The van der Waals surface area contributed by atoms with Crippen LogP contribution >= 0.6 is 23.2 Å². The molecule has 138 valence electrons. The summed E-state index contributed by atoms with van der Waals surface area (Å²) in [5, 5.41) is 4.69. The van der Waals surface area contributed by atoms with Crippen molar-refractivity contribution in [1.29, 1.82) is 0 Å². The third-order valence-electron chi connectivity index (χ3n) is 3.55. The zero-order valence-electron chi connectivity index (χ0n) is 13.5. The summed E-state index contributed by atoms with van der Waals surface area (Å²) in [6.45, 7) is 0. The molecule has 3 rings (SSSR count). The molecule has 9 heteroatoms. The molecule has 1 heterocycles. The van der Waals surface area contributed by atoms with Gasteiger partial charge in [-0.3, -0.25) is 10.1 Å². The Morgan fingerprint density at radius 2 is 1.48 bits per heavy atom. The number of aromatic nitrogens is 1. The second-order valence-electron chi connectivity index (χ2n) is 5.38. The number of hydrogen-bond acceptors (Lipinski definition) is 2. The Balaban J connectivity index is 1.76. The molecule has 0 bridgehead atoms. The van der Waals surface area contributed by atoms with Crippen LogP contribution in [0.1, 0.15) is 10.4 Å². The van der Waals surface area contributed by atoms with E-state index in [-0.39, 0.29) is 15.7 Å². The maximum atomic E-state index is 13.6. The van der Waals surface area contributed by atoms with Crippen LogP contribution in [0.15, 0.2) is 54.9 Å². The first kappa shape index (κ1) is 18.9. The molecule has 0 aliphatic rings. The van der Waals surface area contributed by atoms with Crippen molar-refractivity contribution in [2.75, 3.05) is 5.32 Å². The lowest BCUT2D eigenvalue weighted by molar-refractivity contribution is 0.0959. The Labute approximate surface area is 162 Å². The summed E-state index contributed by atoms with van der Waals surface area (Å²) in [6, 6.07) is 8.37. The quantitative estimate of drug-likeness (QED) is 0.637. The van der Waals surface area contributed by atoms with E-state index in [2.05, 4.69) is 5.32 Å². The number of hydrogen-bond donors (Lipinski definition) is 2. The molecular weight excluding hydrogens is 399 g/mol. The SMILES string of the molecule is O=C(NC(=O)c1c(F)cccc1F)Nc1cc(Cl)c(-n2cccc2)c(Cl)c1. The van der Waals surface area contributed by atoms with Crippen LogP contribution in [0.3, 0.4) is 0 Å². The molecule has 0 atom stereocenters. The summed E-state index contributed by atoms with van der Waals surface area (Å²) in [5.41, 5.74) is -0.148. The lowest BCUT2D eigenvalue weighted by Gasteiger charge is -2.12. The lowest BCUT2D eigenvalue weighted by Crippen LogP contribution is -2.35. The van der Waals surface area contributed by atoms with Crippen LogP contribution in [0, 0.1) is 11.6 Å². The maximum absolute atomic E-state index is 13.6. The largest absolute Gasteiger partial charge is 0.326 e. The smallest absolute Gasteiger partial charge is 0.321 e. The Kier molecular flexibility index (Phi) is 5.43. The molecule has 5 nitrogen and oxygen atoms in total. The van der Waals surface area contributed by atoms with Gasteiger partial charge in [-0.2, -0.15) is 0 Å². The molecular formula is C18H11Cl2F2N3O2. The topological polar surface area (TPSA) is 63.1 Å². The first-order valence-electron chi connectivity index (χ1n) is 7.55. The fourth-order valence-electron chi connectivity index (χ4n) is 2.41. The molecule has 0 radical (unpaired) electrons. The highest BCUT2D eigenvalue weighted by Gasteiger charge is 2.19. The standard InChI is InChI=1S/C18H11Cl2F2N3O2/c19-11-8-10(9-12(20)16(11)25-6-1-2-7-25)23-18(27)24-17(26)15-13(21)4-3-5-14(15)22/h1-9H,(H2,23,24,26,27). The van der Waals surface area contributed by atoms with Crippen molar-refractivity contribution in [3.05, 3.63) is 82.1 Å². The maximum Gasteiger partial charge on any atom is 0.326 e. The van der Waals surface area contributed by atoms with Gasteiger partial charge in [0.15, 0.2) is 0 Å². The van der Waals surface area contributed by atoms with Crippen molar-refractivity contribution in [2.45, 2.75) is 0 Å². The number of rotatable bonds is 3. The van der Waals surface area contributed by atoms with Crippen LogP contribution in [0.4, 0.5) is 19.3 Å². The zero-order chi connectivity index (χ0) is 19.6. The van der Waals surface area contributed by atoms with Crippen LogP contribution in [-0.4, -0.2) is 16.5 Å². The van der Waals surface area contributed by atoms with E-state index in [1.165, 1.54) is 12.1 Å². The molecule has 0 aliphatic carbocycles. The number of carbonyl (C=O) groups excluding carboxylic acids is 2. The van der Waals surface area contributed by atoms with Gasteiger partial charge in [0.2, 0.25) is 0 Å². The number of imide groups is 1. The van der Waals surface area contributed by atoms with E-state index in [9.17, 15) is 18.4 Å². The van der Waals surface area contributed by atoms with Gasteiger partial charge >= 0.3 is 6.03 Å². The van der Waals surface area contributed by atoms with Gasteiger partial charge < -0.3 is 9.88 Å².